The van der Waals surface area contributed by atoms with Crippen LogP contribution in [-0.2, 0) is 16.0 Å². The van der Waals surface area contributed by atoms with Crippen LogP contribution in [0.2, 0.25) is 5.02 Å². The molecule has 0 amide bonds. The molecule has 2 aromatic rings. The molecule has 1 atom stereocenters. The summed E-state index contributed by atoms with van der Waals surface area (Å²) in [5, 5.41) is 9.48. The number of benzene rings is 2. The van der Waals surface area contributed by atoms with Gasteiger partial charge >= 0.3 is 5.97 Å². The van der Waals surface area contributed by atoms with Crippen molar-refractivity contribution in [2.45, 2.75) is 19.4 Å². The Kier molecular flexibility index (Phi) is 8.66. The molecule has 0 saturated carbocycles. The van der Waals surface area contributed by atoms with Crippen LogP contribution >= 0.6 is 11.6 Å². The predicted octanol–water partition coefficient (Wildman–Crippen LogP) is 4.64. The van der Waals surface area contributed by atoms with Gasteiger partial charge in [-0.15, -0.1) is 0 Å². The Balaban J connectivity index is 1.90. The third-order valence-corrected chi connectivity index (χ3v) is 3.97. The van der Waals surface area contributed by atoms with Crippen LogP contribution in [-0.4, -0.2) is 30.4 Å². The van der Waals surface area contributed by atoms with Gasteiger partial charge in [0.1, 0.15) is 24.0 Å². The van der Waals surface area contributed by atoms with E-state index >= 15 is 0 Å². The van der Waals surface area contributed by atoms with Crippen LogP contribution in [0.1, 0.15) is 18.1 Å². The number of hydrogen-bond donors (Lipinski definition) is 1. The first-order chi connectivity index (χ1) is 13.9. The lowest BCUT2D eigenvalue weighted by molar-refractivity contribution is -0.149. The van der Waals surface area contributed by atoms with Gasteiger partial charge in [0.15, 0.2) is 6.10 Å². The molecule has 2 aromatic carbocycles. The minimum atomic E-state index is -1.03. The van der Waals surface area contributed by atoms with E-state index in [4.69, 9.17) is 26.2 Å². The van der Waals surface area contributed by atoms with Gasteiger partial charge in [0.2, 0.25) is 0 Å². The van der Waals surface area contributed by atoms with E-state index in [1.807, 2.05) is 0 Å². The Morgan fingerprint density at radius 2 is 1.97 bits per heavy atom. The van der Waals surface area contributed by atoms with Gasteiger partial charge in [0.25, 0.3) is 0 Å². The molecular formula is C22H19ClF2O4. The fourth-order valence-electron chi connectivity index (χ4n) is 2.42. The zero-order chi connectivity index (χ0) is 21.2. The van der Waals surface area contributed by atoms with Crippen LogP contribution in [0.25, 0.3) is 0 Å². The molecule has 0 heterocycles. The van der Waals surface area contributed by atoms with Crippen molar-refractivity contribution in [2.24, 2.45) is 0 Å². The fourth-order valence-corrected chi connectivity index (χ4v) is 2.67. The Morgan fingerprint density at radius 3 is 2.59 bits per heavy atom. The topological polar surface area (TPSA) is 55.8 Å². The van der Waals surface area contributed by atoms with E-state index in [1.165, 1.54) is 6.08 Å². The molecule has 0 aliphatic heterocycles. The Hall–Kier alpha value is -2.88. The van der Waals surface area contributed by atoms with Crippen molar-refractivity contribution in [2.75, 3.05) is 13.2 Å². The van der Waals surface area contributed by atoms with Gasteiger partial charge in [-0.25, -0.2) is 13.6 Å². The van der Waals surface area contributed by atoms with Crippen LogP contribution in [0.5, 0.6) is 5.75 Å². The number of rotatable bonds is 8. The summed E-state index contributed by atoms with van der Waals surface area (Å²) in [6.45, 7) is 2.21. The largest absolute Gasteiger partial charge is 0.488 e. The molecule has 0 spiro atoms. The molecule has 29 heavy (non-hydrogen) atoms. The first-order valence-corrected chi connectivity index (χ1v) is 9.15. The van der Waals surface area contributed by atoms with Crippen LogP contribution in [0, 0.1) is 23.5 Å². The Bertz CT molecular complexity index is 927. The third kappa shape index (κ3) is 7.57. The van der Waals surface area contributed by atoms with Crippen molar-refractivity contribution in [3.05, 3.63) is 76.3 Å². The highest BCUT2D eigenvalue weighted by Gasteiger charge is 2.18. The molecular weight excluding hydrogens is 402 g/mol. The Morgan fingerprint density at radius 1 is 1.24 bits per heavy atom. The van der Waals surface area contributed by atoms with Crippen LogP contribution in [0.4, 0.5) is 8.78 Å². The number of carboxylic acid groups (broad SMARTS) is 1. The van der Waals surface area contributed by atoms with Crippen LogP contribution < -0.4 is 4.74 Å². The number of aliphatic carboxylic acids is 1. The molecule has 152 valence electrons. The summed E-state index contributed by atoms with van der Waals surface area (Å²) in [5.74, 6) is 3.32. The van der Waals surface area contributed by atoms with Gasteiger partial charge in [0.05, 0.1) is 5.02 Å². The highest BCUT2D eigenvalue weighted by molar-refractivity contribution is 6.32. The summed E-state index contributed by atoms with van der Waals surface area (Å²) >= 11 is 6.18. The van der Waals surface area contributed by atoms with Crippen LogP contribution in [0.3, 0.4) is 0 Å². The maximum Gasteiger partial charge on any atom is 0.333 e. The first kappa shape index (κ1) is 22.4. The highest BCUT2D eigenvalue weighted by atomic mass is 35.5. The molecule has 0 bridgehead atoms. The van der Waals surface area contributed by atoms with Gasteiger partial charge in [-0.1, -0.05) is 29.5 Å². The molecule has 4 nitrogen and oxygen atoms in total. The molecule has 0 saturated heterocycles. The average Bonchev–Trinajstić information content (AvgIpc) is 2.64. The van der Waals surface area contributed by atoms with Crippen molar-refractivity contribution in [3.8, 4) is 17.6 Å². The highest BCUT2D eigenvalue weighted by Crippen LogP contribution is 2.26. The minimum Gasteiger partial charge on any atom is -0.488 e. The number of halogens is 3. The number of carboxylic acids is 1. The van der Waals surface area contributed by atoms with Gasteiger partial charge in [-0.3, -0.25) is 0 Å². The quantitative estimate of drug-likeness (QED) is 0.632. The molecule has 0 fully saturated rings. The van der Waals surface area contributed by atoms with E-state index in [2.05, 4.69) is 11.8 Å². The third-order valence-electron chi connectivity index (χ3n) is 3.68. The number of carbonyl (C=O) groups is 1. The van der Waals surface area contributed by atoms with Gasteiger partial charge < -0.3 is 14.6 Å². The van der Waals surface area contributed by atoms with Crippen molar-refractivity contribution < 1.29 is 28.2 Å². The monoisotopic (exact) mass is 420 g/mol. The molecule has 0 aromatic heterocycles. The molecule has 1 unspecified atom stereocenters. The molecule has 0 radical (unpaired) electrons. The summed E-state index contributed by atoms with van der Waals surface area (Å²) in [6.07, 6.45) is 2.39. The molecule has 2 rings (SSSR count). The lowest BCUT2D eigenvalue weighted by atomic mass is 10.1. The number of ether oxygens (including phenoxy) is 2. The van der Waals surface area contributed by atoms with Gasteiger partial charge in [0, 0.05) is 24.7 Å². The number of hydrogen-bond acceptors (Lipinski definition) is 3. The fraction of sp³-hybridized carbons (Fsp3) is 0.227. The second-order valence-corrected chi connectivity index (χ2v) is 6.30. The molecule has 0 aliphatic rings. The van der Waals surface area contributed by atoms with Gasteiger partial charge in [-0.05, 0) is 48.9 Å². The summed E-state index contributed by atoms with van der Waals surface area (Å²) < 4.78 is 36.8. The summed E-state index contributed by atoms with van der Waals surface area (Å²) in [6, 6.07) is 8.07. The van der Waals surface area contributed by atoms with E-state index in [1.54, 1.807) is 31.2 Å². The minimum absolute atomic E-state index is 0.182. The second-order valence-electron chi connectivity index (χ2n) is 5.89. The Labute approximate surface area is 172 Å². The smallest absolute Gasteiger partial charge is 0.333 e. The maximum absolute atomic E-state index is 13.1. The van der Waals surface area contributed by atoms with Gasteiger partial charge in [-0.2, -0.15) is 0 Å². The zero-order valence-electron chi connectivity index (χ0n) is 15.6. The van der Waals surface area contributed by atoms with Crippen molar-refractivity contribution in [3.63, 3.8) is 0 Å². The van der Waals surface area contributed by atoms with Crippen molar-refractivity contribution in [1.29, 1.82) is 0 Å². The lowest BCUT2D eigenvalue weighted by Gasteiger charge is -2.13. The maximum atomic E-state index is 13.1. The normalized spacial score (nSPS) is 11.7. The zero-order valence-corrected chi connectivity index (χ0v) is 16.4. The predicted molar refractivity (Wildman–Crippen MR) is 106 cm³/mol. The van der Waals surface area contributed by atoms with E-state index in [0.717, 1.165) is 18.2 Å². The van der Waals surface area contributed by atoms with E-state index in [0.29, 0.717) is 22.9 Å². The number of allylic oxidation sites excluding steroid dienone is 1. The summed E-state index contributed by atoms with van der Waals surface area (Å²) in [7, 11) is 0. The van der Waals surface area contributed by atoms with Crippen LogP contribution in [0.15, 0.2) is 48.6 Å². The first-order valence-electron chi connectivity index (χ1n) is 8.77. The molecule has 1 N–H and O–H groups in total. The van der Waals surface area contributed by atoms with Crippen molar-refractivity contribution in [1.82, 2.24) is 0 Å². The molecule has 0 aliphatic carbocycles. The molecule has 7 heteroatoms. The SMILES string of the molecule is CCOC(Cc1ccc(OC/C=C\C#Cc2cc(F)cc(F)c2)c(Cl)c1)C(=O)O. The lowest BCUT2D eigenvalue weighted by Crippen LogP contribution is -2.26. The summed E-state index contributed by atoms with van der Waals surface area (Å²) in [4.78, 5) is 11.2. The van der Waals surface area contributed by atoms with E-state index < -0.39 is 23.7 Å². The average molecular weight is 421 g/mol. The van der Waals surface area contributed by atoms with E-state index in [9.17, 15) is 13.6 Å². The van der Waals surface area contributed by atoms with Crippen molar-refractivity contribution >= 4 is 17.6 Å². The summed E-state index contributed by atoms with van der Waals surface area (Å²) in [5.41, 5.74) is 0.949. The second kappa shape index (κ2) is 11.2. The van der Waals surface area contributed by atoms with E-state index in [-0.39, 0.29) is 18.6 Å². The standard InChI is InChI=1S/C22H19ClF2O4/c1-2-28-21(22(26)27)13-16-7-8-20(19(23)12-16)29-9-5-3-4-6-15-10-17(24)14-18(25)11-15/h3,5,7-8,10-12,14,21H,2,9,13H2,1H3,(H,26,27)/b5-3-.